The van der Waals surface area contributed by atoms with Gasteiger partial charge >= 0.3 is 18.1 Å². The second kappa shape index (κ2) is 20.3. The van der Waals surface area contributed by atoms with E-state index in [1.54, 1.807) is 51.1 Å². The molecule has 0 atom stereocenters. The largest absolute Gasteiger partial charge is 0.497 e. The average molecular weight is 792 g/mol. The number of pyridine rings is 1. The molecule has 3 aromatic carbocycles. The zero-order chi connectivity index (χ0) is 41.6. The Balaban J connectivity index is 1.39. The molecule has 0 aliphatic heterocycles. The molecule has 0 spiro atoms. The molecule has 0 aliphatic rings. The van der Waals surface area contributed by atoms with Crippen molar-refractivity contribution in [2.45, 2.75) is 84.7 Å². The van der Waals surface area contributed by atoms with Gasteiger partial charge in [-0.3, -0.25) is 19.4 Å². The number of halogens is 3. The summed E-state index contributed by atoms with van der Waals surface area (Å²) < 4.78 is 62.5. The van der Waals surface area contributed by atoms with Crippen molar-refractivity contribution in [1.82, 2.24) is 15.2 Å². The predicted molar refractivity (Wildman–Crippen MR) is 206 cm³/mol. The van der Waals surface area contributed by atoms with Crippen LogP contribution >= 0.6 is 0 Å². The number of esters is 2. The second-order valence-corrected chi connectivity index (χ2v) is 14.2. The number of nitrogens with one attached hydrogen (secondary N) is 1. The van der Waals surface area contributed by atoms with Gasteiger partial charge in [-0.25, -0.2) is 4.79 Å². The average Bonchev–Trinajstić information content (AvgIpc) is 3.17. The van der Waals surface area contributed by atoms with Crippen molar-refractivity contribution in [2.75, 3.05) is 20.3 Å². The number of amides is 2. The Morgan fingerprint density at radius 1 is 0.772 bits per heavy atom. The normalized spacial score (nSPS) is 11.4. The summed E-state index contributed by atoms with van der Waals surface area (Å²) in [6.07, 6.45) is 2.30. The number of ether oxygens (including phenoxy) is 4. The Labute approximate surface area is 330 Å². The quantitative estimate of drug-likeness (QED) is 0.0777. The minimum Gasteiger partial charge on any atom is -0.497 e. The fraction of sp³-hybridized carbons (Fsp3) is 0.372. The van der Waals surface area contributed by atoms with Crippen molar-refractivity contribution < 1.29 is 51.3 Å². The van der Waals surface area contributed by atoms with Gasteiger partial charge in [0, 0.05) is 17.7 Å². The van der Waals surface area contributed by atoms with Crippen LogP contribution in [0.25, 0.3) is 0 Å². The molecule has 1 heterocycles. The number of alkyl halides is 3. The van der Waals surface area contributed by atoms with E-state index >= 15 is 0 Å². The summed E-state index contributed by atoms with van der Waals surface area (Å²) in [5, 5.41) is 2.48. The van der Waals surface area contributed by atoms with Crippen LogP contribution in [-0.4, -0.2) is 59.5 Å². The third-order valence-electron chi connectivity index (χ3n) is 8.45. The fourth-order valence-electron chi connectivity index (χ4n) is 5.56. The highest BCUT2D eigenvalue weighted by molar-refractivity contribution is 5.98. The number of hydrogen-bond donors (Lipinski definition) is 1. The van der Waals surface area contributed by atoms with Crippen molar-refractivity contribution in [3.63, 3.8) is 0 Å². The van der Waals surface area contributed by atoms with Crippen molar-refractivity contribution in [3.8, 4) is 17.2 Å². The van der Waals surface area contributed by atoms with Crippen LogP contribution < -0.4 is 19.5 Å². The van der Waals surface area contributed by atoms with Gasteiger partial charge in [0.25, 0.3) is 11.8 Å². The topological polar surface area (TPSA) is 133 Å². The van der Waals surface area contributed by atoms with Crippen LogP contribution in [0.3, 0.4) is 0 Å². The third-order valence-corrected chi connectivity index (χ3v) is 8.45. The lowest BCUT2D eigenvalue weighted by Crippen LogP contribution is -2.38. The molecule has 14 heteroatoms. The number of carbonyl (C=O) groups is 4. The molecule has 0 fully saturated rings. The molecular weight excluding hydrogens is 743 g/mol. The van der Waals surface area contributed by atoms with Gasteiger partial charge in [-0.15, -0.1) is 0 Å². The minimum absolute atomic E-state index is 0.0268. The lowest BCUT2D eigenvalue weighted by Gasteiger charge is -2.25. The molecule has 0 saturated carbocycles. The van der Waals surface area contributed by atoms with Crippen molar-refractivity contribution in [2.24, 2.45) is 0 Å². The smallest absolute Gasteiger partial charge is 0.416 e. The van der Waals surface area contributed by atoms with Gasteiger partial charge in [0.15, 0.2) is 0 Å². The highest BCUT2D eigenvalue weighted by atomic mass is 19.4. The molecule has 0 radical (unpaired) electrons. The molecule has 304 valence electrons. The standard InChI is InChI=1S/C43H48F3N3O8/c1-6-7-8-9-10-23-55-34-19-15-31(16-20-34)41(53)56-36-22-18-33(47-26-36)27-49(28-38(50)57-42(2,3)4)40(52)30-13-11-29(12-14-30)39(51)48-25-32-17-21-35(54-5)24-37(32)43(44,45)46/h11-22,24,26H,6-10,23,25,27-28H2,1-5H3,(H,48,51). The van der Waals surface area contributed by atoms with E-state index in [-0.39, 0.29) is 34.7 Å². The molecule has 4 aromatic rings. The maximum absolute atomic E-state index is 13.7. The lowest BCUT2D eigenvalue weighted by molar-refractivity contribution is -0.155. The minimum atomic E-state index is -4.66. The van der Waals surface area contributed by atoms with Crippen molar-refractivity contribution >= 4 is 23.8 Å². The Kier molecular flexibility index (Phi) is 15.6. The van der Waals surface area contributed by atoms with Crippen LogP contribution in [0, 0.1) is 0 Å². The number of unbranched alkanes of at least 4 members (excludes halogenated alkanes) is 4. The number of benzene rings is 3. The van der Waals surface area contributed by atoms with Crippen LogP contribution in [0.5, 0.6) is 17.2 Å². The summed E-state index contributed by atoms with van der Waals surface area (Å²) >= 11 is 0. The zero-order valence-corrected chi connectivity index (χ0v) is 32.7. The van der Waals surface area contributed by atoms with Gasteiger partial charge in [-0.05, 0) is 106 Å². The highest BCUT2D eigenvalue weighted by Gasteiger charge is 2.34. The summed E-state index contributed by atoms with van der Waals surface area (Å²) in [6.45, 7) is 6.88. The first kappa shape index (κ1) is 43.8. The lowest BCUT2D eigenvalue weighted by atomic mass is 10.1. The maximum Gasteiger partial charge on any atom is 0.416 e. The van der Waals surface area contributed by atoms with E-state index in [4.69, 9.17) is 18.9 Å². The van der Waals surface area contributed by atoms with Gasteiger partial charge < -0.3 is 29.2 Å². The maximum atomic E-state index is 13.7. The molecule has 57 heavy (non-hydrogen) atoms. The van der Waals surface area contributed by atoms with Crippen molar-refractivity contribution in [1.29, 1.82) is 0 Å². The SMILES string of the molecule is CCCCCCCOc1ccc(C(=O)Oc2ccc(CN(CC(=O)OC(C)(C)C)C(=O)c3ccc(C(=O)NCc4ccc(OC)cc4C(F)(F)F)cc3)nc2)cc1. The number of aromatic nitrogens is 1. The summed E-state index contributed by atoms with van der Waals surface area (Å²) in [7, 11) is 1.26. The molecule has 0 unspecified atom stereocenters. The summed E-state index contributed by atoms with van der Waals surface area (Å²) in [4.78, 5) is 57.8. The van der Waals surface area contributed by atoms with E-state index in [2.05, 4.69) is 17.2 Å². The number of nitrogens with zero attached hydrogens (tertiary/aromatic N) is 2. The van der Waals surface area contributed by atoms with Gasteiger partial charge in [-0.1, -0.05) is 38.7 Å². The number of hydrogen-bond acceptors (Lipinski definition) is 9. The predicted octanol–water partition coefficient (Wildman–Crippen LogP) is 8.59. The molecule has 11 nitrogen and oxygen atoms in total. The van der Waals surface area contributed by atoms with E-state index in [1.165, 1.54) is 79.9 Å². The van der Waals surface area contributed by atoms with E-state index in [9.17, 15) is 32.3 Å². The number of methoxy groups -OCH3 is 1. The Hall–Kier alpha value is -5.92. The van der Waals surface area contributed by atoms with Crippen LogP contribution in [0.2, 0.25) is 0 Å². The molecular formula is C43H48F3N3O8. The first-order chi connectivity index (χ1) is 27.1. The molecule has 4 rings (SSSR count). The van der Waals surface area contributed by atoms with Gasteiger partial charge in [0.1, 0.15) is 29.4 Å². The van der Waals surface area contributed by atoms with Crippen LogP contribution in [0.15, 0.2) is 85.1 Å². The Morgan fingerprint density at radius 3 is 2.02 bits per heavy atom. The van der Waals surface area contributed by atoms with E-state index in [0.717, 1.165) is 18.9 Å². The second-order valence-electron chi connectivity index (χ2n) is 14.2. The Morgan fingerprint density at radius 2 is 1.40 bits per heavy atom. The van der Waals surface area contributed by atoms with Gasteiger partial charge in [-0.2, -0.15) is 13.2 Å². The van der Waals surface area contributed by atoms with Crippen LogP contribution in [0.1, 0.15) is 108 Å². The number of carbonyl (C=O) groups excluding carboxylic acids is 4. The summed E-state index contributed by atoms with van der Waals surface area (Å²) in [5.41, 5.74) is -1.00. The molecule has 1 aromatic heterocycles. The van der Waals surface area contributed by atoms with E-state index in [1.807, 2.05) is 0 Å². The van der Waals surface area contributed by atoms with Crippen LogP contribution in [-0.2, 0) is 28.8 Å². The molecule has 0 bridgehead atoms. The van der Waals surface area contributed by atoms with E-state index < -0.39 is 54.2 Å². The van der Waals surface area contributed by atoms with Gasteiger partial charge in [0.05, 0.1) is 43.3 Å². The molecule has 0 saturated heterocycles. The zero-order valence-electron chi connectivity index (χ0n) is 32.7. The van der Waals surface area contributed by atoms with Crippen LogP contribution in [0.4, 0.5) is 13.2 Å². The van der Waals surface area contributed by atoms with Crippen molar-refractivity contribution in [3.05, 3.63) is 119 Å². The number of rotatable bonds is 18. The first-order valence-electron chi connectivity index (χ1n) is 18.6. The van der Waals surface area contributed by atoms with Gasteiger partial charge in [0.2, 0.25) is 0 Å². The summed E-state index contributed by atoms with van der Waals surface area (Å²) in [5.74, 6) is -1.66. The monoisotopic (exact) mass is 791 g/mol. The third kappa shape index (κ3) is 14.0. The Bertz CT molecular complexity index is 1960. The first-order valence-corrected chi connectivity index (χ1v) is 18.6. The molecule has 0 aliphatic carbocycles. The highest BCUT2D eigenvalue weighted by Crippen LogP contribution is 2.34. The molecule has 1 N–H and O–H groups in total. The fourth-order valence-corrected chi connectivity index (χ4v) is 5.56. The molecule has 2 amide bonds. The summed E-state index contributed by atoms with van der Waals surface area (Å²) in [6, 6.07) is 18.6. The van der Waals surface area contributed by atoms with E-state index in [0.29, 0.717) is 23.6 Å².